The summed E-state index contributed by atoms with van der Waals surface area (Å²) in [4.78, 5) is 0. The van der Waals surface area contributed by atoms with Crippen LogP contribution < -0.4 is 0 Å². The molecule has 2 atom stereocenters. The van der Waals surface area contributed by atoms with Gasteiger partial charge in [0.1, 0.15) is 0 Å². The van der Waals surface area contributed by atoms with Crippen molar-refractivity contribution in [2.45, 2.75) is 18.6 Å². The second-order valence-electron chi connectivity index (χ2n) is 1.91. The summed E-state index contributed by atoms with van der Waals surface area (Å²) >= 11 is 0. The Morgan fingerprint density at radius 1 is 0.889 bits per heavy atom. The van der Waals surface area contributed by atoms with Gasteiger partial charge in [-0.2, -0.15) is 0 Å². The molecule has 0 spiro atoms. The number of rotatable bonds is 4. The first kappa shape index (κ1) is 8.84. The molecule has 0 fully saturated rings. The molecule has 56 valence electrons. The van der Waals surface area contributed by atoms with Gasteiger partial charge in [-0.15, -0.1) is 0 Å². The van der Waals surface area contributed by atoms with Gasteiger partial charge in [-0.3, -0.25) is 0 Å². The molecule has 0 amide bonds. The minimum absolute atomic E-state index is 0.0208. The van der Waals surface area contributed by atoms with Crippen LogP contribution in [-0.2, 0) is 0 Å². The SMILES string of the molecule is OC[C@H](O)C[C@@H](O)CO. The van der Waals surface area contributed by atoms with Crippen LogP contribution in [0.4, 0.5) is 0 Å². The van der Waals surface area contributed by atoms with Gasteiger partial charge < -0.3 is 20.4 Å². The van der Waals surface area contributed by atoms with E-state index >= 15 is 0 Å². The van der Waals surface area contributed by atoms with Gasteiger partial charge in [-0.25, -0.2) is 0 Å². The predicted molar refractivity (Wildman–Crippen MR) is 30.8 cm³/mol. The Kier molecular flexibility index (Phi) is 4.61. The van der Waals surface area contributed by atoms with Crippen LogP contribution in [0.15, 0.2) is 0 Å². The summed E-state index contributed by atoms with van der Waals surface area (Å²) < 4.78 is 0. The van der Waals surface area contributed by atoms with Gasteiger partial charge in [0.2, 0.25) is 0 Å². The maximum atomic E-state index is 8.64. The molecule has 0 aliphatic rings. The van der Waals surface area contributed by atoms with Crippen LogP contribution in [0.25, 0.3) is 0 Å². The van der Waals surface area contributed by atoms with Crippen molar-refractivity contribution in [3.05, 3.63) is 0 Å². The second-order valence-corrected chi connectivity index (χ2v) is 1.91. The Morgan fingerprint density at radius 3 is 1.44 bits per heavy atom. The topological polar surface area (TPSA) is 80.9 Å². The van der Waals surface area contributed by atoms with Gasteiger partial charge in [-0.05, 0) is 0 Å². The molecule has 0 aromatic rings. The Labute approximate surface area is 53.4 Å². The smallest absolute Gasteiger partial charge is 0.0796 e. The van der Waals surface area contributed by atoms with E-state index in [0.717, 1.165) is 0 Å². The molecule has 4 N–H and O–H groups in total. The maximum absolute atomic E-state index is 8.64. The zero-order chi connectivity index (χ0) is 7.28. The third-order valence-electron chi connectivity index (χ3n) is 0.966. The molecule has 4 nitrogen and oxygen atoms in total. The normalized spacial score (nSPS) is 17.3. The lowest BCUT2D eigenvalue weighted by molar-refractivity contribution is 0.0182. The zero-order valence-electron chi connectivity index (χ0n) is 5.06. The van der Waals surface area contributed by atoms with Crippen molar-refractivity contribution in [2.75, 3.05) is 13.2 Å². The van der Waals surface area contributed by atoms with Gasteiger partial charge in [0, 0.05) is 6.42 Å². The summed E-state index contributed by atoms with van der Waals surface area (Å²) in [5, 5.41) is 33.7. The largest absolute Gasteiger partial charge is 0.394 e. The first-order chi connectivity index (χ1) is 4.20. The van der Waals surface area contributed by atoms with Gasteiger partial charge in [0.05, 0.1) is 25.4 Å². The van der Waals surface area contributed by atoms with E-state index in [1.807, 2.05) is 0 Å². The average molecular weight is 136 g/mol. The fourth-order valence-electron chi connectivity index (χ4n) is 0.463. The Morgan fingerprint density at radius 2 is 1.22 bits per heavy atom. The molecule has 0 aromatic heterocycles. The van der Waals surface area contributed by atoms with E-state index in [4.69, 9.17) is 20.4 Å². The number of aliphatic hydroxyl groups is 4. The lowest BCUT2D eigenvalue weighted by Gasteiger charge is -2.09. The number of aliphatic hydroxyl groups excluding tert-OH is 4. The minimum atomic E-state index is -0.924. The second kappa shape index (κ2) is 4.69. The molecule has 0 aliphatic carbocycles. The molecule has 0 rings (SSSR count). The number of hydrogen-bond acceptors (Lipinski definition) is 4. The fraction of sp³-hybridized carbons (Fsp3) is 1.00. The van der Waals surface area contributed by atoms with Crippen molar-refractivity contribution in [3.63, 3.8) is 0 Å². The van der Waals surface area contributed by atoms with Crippen molar-refractivity contribution < 1.29 is 20.4 Å². The average Bonchev–Trinajstić information content (AvgIpc) is 1.87. The zero-order valence-corrected chi connectivity index (χ0v) is 5.06. The quantitative estimate of drug-likeness (QED) is 0.363. The highest BCUT2D eigenvalue weighted by molar-refractivity contribution is 4.59. The predicted octanol–water partition coefficient (Wildman–Crippen LogP) is -1.92. The van der Waals surface area contributed by atoms with Crippen LogP contribution in [0.1, 0.15) is 6.42 Å². The molecule has 0 bridgehead atoms. The summed E-state index contributed by atoms with van der Waals surface area (Å²) in [6.07, 6.45) is -1.83. The fourth-order valence-corrected chi connectivity index (χ4v) is 0.463. The van der Waals surface area contributed by atoms with E-state index in [0.29, 0.717) is 0 Å². The van der Waals surface area contributed by atoms with E-state index in [1.54, 1.807) is 0 Å². The van der Waals surface area contributed by atoms with Gasteiger partial charge in [0.15, 0.2) is 0 Å². The van der Waals surface area contributed by atoms with Crippen molar-refractivity contribution >= 4 is 0 Å². The van der Waals surface area contributed by atoms with Crippen LogP contribution in [0.5, 0.6) is 0 Å². The maximum Gasteiger partial charge on any atom is 0.0796 e. The molecular weight excluding hydrogens is 124 g/mol. The standard InChI is InChI=1S/C5H12O4/c6-2-4(8)1-5(9)3-7/h4-9H,1-3H2/t4-,5-/m1/s1. The van der Waals surface area contributed by atoms with Crippen LogP contribution in [0.3, 0.4) is 0 Å². The van der Waals surface area contributed by atoms with Crippen molar-refractivity contribution in [3.8, 4) is 0 Å². The first-order valence-electron chi connectivity index (χ1n) is 2.78. The van der Waals surface area contributed by atoms with Gasteiger partial charge in [0.25, 0.3) is 0 Å². The molecule has 0 saturated heterocycles. The third kappa shape index (κ3) is 4.35. The molecular formula is C5H12O4. The van der Waals surface area contributed by atoms with Gasteiger partial charge >= 0.3 is 0 Å². The van der Waals surface area contributed by atoms with E-state index in [2.05, 4.69) is 0 Å². The Balaban J connectivity index is 3.22. The monoisotopic (exact) mass is 136 g/mol. The van der Waals surface area contributed by atoms with Crippen LogP contribution in [0.2, 0.25) is 0 Å². The van der Waals surface area contributed by atoms with Crippen LogP contribution in [-0.4, -0.2) is 45.8 Å². The summed E-state index contributed by atoms with van der Waals surface area (Å²) in [7, 11) is 0. The number of hydrogen-bond donors (Lipinski definition) is 4. The molecule has 0 heterocycles. The summed E-state index contributed by atoms with van der Waals surface area (Å²) in [5.74, 6) is 0. The summed E-state index contributed by atoms with van der Waals surface area (Å²) in [6.45, 7) is -0.756. The molecule has 0 saturated carbocycles. The minimum Gasteiger partial charge on any atom is -0.394 e. The first-order valence-corrected chi connectivity index (χ1v) is 2.78. The van der Waals surface area contributed by atoms with Crippen molar-refractivity contribution in [2.24, 2.45) is 0 Å². The van der Waals surface area contributed by atoms with Crippen LogP contribution in [0, 0.1) is 0 Å². The molecule has 9 heavy (non-hydrogen) atoms. The lowest BCUT2D eigenvalue weighted by Crippen LogP contribution is -2.23. The van der Waals surface area contributed by atoms with E-state index in [-0.39, 0.29) is 19.6 Å². The van der Waals surface area contributed by atoms with E-state index in [9.17, 15) is 0 Å². The molecule has 4 heteroatoms. The molecule has 0 unspecified atom stereocenters. The Bertz CT molecular complexity index is 58.0. The molecule has 0 aliphatic heterocycles. The third-order valence-corrected chi connectivity index (χ3v) is 0.966. The summed E-state index contributed by atoms with van der Waals surface area (Å²) in [5.41, 5.74) is 0. The molecule has 0 radical (unpaired) electrons. The van der Waals surface area contributed by atoms with Gasteiger partial charge in [-0.1, -0.05) is 0 Å². The molecule has 0 aromatic carbocycles. The highest BCUT2D eigenvalue weighted by atomic mass is 16.3. The Hall–Kier alpha value is -0.160. The van der Waals surface area contributed by atoms with Crippen molar-refractivity contribution in [1.29, 1.82) is 0 Å². The highest BCUT2D eigenvalue weighted by Crippen LogP contribution is 1.95. The lowest BCUT2D eigenvalue weighted by atomic mass is 10.2. The summed E-state index contributed by atoms with van der Waals surface area (Å²) in [6, 6.07) is 0. The van der Waals surface area contributed by atoms with E-state index in [1.165, 1.54) is 0 Å². The van der Waals surface area contributed by atoms with Crippen LogP contribution >= 0.6 is 0 Å². The van der Waals surface area contributed by atoms with Crippen molar-refractivity contribution in [1.82, 2.24) is 0 Å². The van der Waals surface area contributed by atoms with E-state index < -0.39 is 12.2 Å². The highest BCUT2D eigenvalue weighted by Gasteiger charge is 2.08.